The molecule has 2 fully saturated rings. The number of hydrogen-bond donors (Lipinski definition) is 2. The summed E-state index contributed by atoms with van der Waals surface area (Å²) in [6.07, 6.45) is 1.75. The summed E-state index contributed by atoms with van der Waals surface area (Å²) < 4.78 is 10.4. The molecule has 2 aliphatic heterocycles. The van der Waals surface area contributed by atoms with Gasteiger partial charge in [0.2, 0.25) is 11.8 Å². The molecule has 0 spiro atoms. The average Bonchev–Trinajstić information content (AvgIpc) is 3.39. The number of ether oxygens (including phenoxy) is 1. The lowest BCUT2D eigenvalue weighted by Gasteiger charge is -2.39. The van der Waals surface area contributed by atoms with Crippen molar-refractivity contribution in [3.8, 4) is 5.75 Å². The molecule has 2 N–H and O–H groups in total. The molecule has 9 heteroatoms. The SMILES string of the molecule is COc1cccc(CNC(=O)[C@@H]2C[C@@H](O)CN2C2CCN(C(=O)Cc3c(C)noc3C)CC2)c1. The first-order chi connectivity index (χ1) is 16.4. The van der Waals surface area contributed by atoms with Gasteiger partial charge in [0.25, 0.3) is 0 Å². The van der Waals surface area contributed by atoms with Crippen molar-refractivity contribution in [3.63, 3.8) is 0 Å². The van der Waals surface area contributed by atoms with Crippen molar-refractivity contribution in [2.24, 2.45) is 0 Å². The maximum Gasteiger partial charge on any atom is 0.237 e. The van der Waals surface area contributed by atoms with Crippen LogP contribution >= 0.6 is 0 Å². The van der Waals surface area contributed by atoms with E-state index in [2.05, 4.69) is 15.4 Å². The summed E-state index contributed by atoms with van der Waals surface area (Å²) in [4.78, 5) is 29.8. The number of aliphatic hydroxyl groups is 1. The maximum absolute atomic E-state index is 13.0. The predicted molar refractivity (Wildman–Crippen MR) is 125 cm³/mol. The Labute approximate surface area is 200 Å². The van der Waals surface area contributed by atoms with Crippen molar-refractivity contribution in [1.29, 1.82) is 0 Å². The predicted octanol–water partition coefficient (Wildman–Crippen LogP) is 1.59. The zero-order valence-electron chi connectivity index (χ0n) is 20.1. The molecule has 0 radical (unpaired) electrons. The number of nitrogens with zero attached hydrogens (tertiary/aromatic N) is 3. The lowest BCUT2D eigenvalue weighted by atomic mass is 10.0. The van der Waals surface area contributed by atoms with Crippen LogP contribution in [0.2, 0.25) is 0 Å². The number of β-amino-alcohol motifs (C(OH)–C–C–N with tert-alkyl or cyclic N) is 1. The zero-order chi connectivity index (χ0) is 24.2. The topological polar surface area (TPSA) is 108 Å². The van der Waals surface area contributed by atoms with E-state index in [0.29, 0.717) is 44.8 Å². The molecule has 0 unspecified atom stereocenters. The van der Waals surface area contributed by atoms with Gasteiger partial charge < -0.3 is 24.6 Å². The fourth-order valence-electron chi connectivity index (χ4n) is 5.05. The molecule has 0 aliphatic carbocycles. The number of rotatable bonds is 7. The first-order valence-electron chi connectivity index (χ1n) is 11.9. The molecule has 2 aliphatic rings. The molecule has 1 aromatic heterocycles. The minimum atomic E-state index is -0.522. The van der Waals surface area contributed by atoms with E-state index in [9.17, 15) is 14.7 Å². The first-order valence-corrected chi connectivity index (χ1v) is 11.9. The molecule has 184 valence electrons. The molecule has 0 saturated carbocycles. The Morgan fingerprint density at radius 3 is 2.71 bits per heavy atom. The fourth-order valence-corrected chi connectivity index (χ4v) is 5.05. The maximum atomic E-state index is 13.0. The second-order valence-corrected chi connectivity index (χ2v) is 9.26. The van der Waals surface area contributed by atoms with E-state index in [1.54, 1.807) is 7.11 Å². The minimum absolute atomic E-state index is 0.0712. The highest BCUT2D eigenvalue weighted by Gasteiger charge is 2.41. The quantitative estimate of drug-likeness (QED) is 0.633. The molecule has 2 atom stereocenters. The number of likely N-dealkylation sites (tertiary alicyclic amines) is 2. The molecule has 4 rings (SSSR count). The smallest absolute Gasteiger partial charge is 0.237 e. The van der Waals surface area contributed by atoms with Crippen LogP contribution in [0.25, 0.3) is 0 Å². The van der Waals surface area contributed by atoms with E-state index in [4.69, 9.17) is 9.26 Å². The van der Waals surface area contributed by atoms with E-state index in [1.165, 1.54) is 0 Å². The highest BCUT2D eigenvalue weighted by atomic mass is 16.5. The Bertz CT molecular complexity index is 995. The van der Waals surface area contributed by atoms with Crippen LogP contribution in [0, 0.1) is 13.8 Å². The molecule has 1 aromatic carbocycles. The number of aliphatic hydroxyl groups excluding tert-OH is 1. The van der Waals surface area contributed by atoms with Gasteiger partial charge in [0.15, 0.2) is 0 Å². The monoisotopic (exact) mass is 470 g/mol. The van der Waals surface area contributed by atoms with Crippen LogP contribution in [-0.4, -0.2) is 76.8 Å². The van der Waals surface area contributed by atoms with Crippen molar-refractivity contribution < 1.29 is 24.0 Å². The van der Waals surface area contributed by atoms with Gasteiger partial charge in [-0.1, -0.05) is 17.3 Å². The third kappa shape index (κ3) is 5.42. The first kappa shape index (κ1) is 24.2. The van der Waals surface area contributed by atoms with Gasteiger partial charge in [-0.2, -0.15) is 0 Å². The number of hydrogen-bond acceptors (Lipinski definition) is 7. The van der Waals surface area contributed by atoms with Crippen LogP contribution in [0.1, 0.15) is 41.8 Å². The van der Waals surface area contributed by atoms with Crippen LogP contribution in [0.15, 0.2) is 28.8 Å². The van der Waals surface area contributed by atoms with Gasteiger partial charge in [0.1, 0.15) is 11.5 Å². The Morgan fingerprint density at radius 1 is 1.26 bits per heavy atom. The zero-order valence-corrected chi connectivity index (χ0v) is 20.1. The molecule has 2 amide bonds. The second-order valence-electron chi connectivity index (χ2n) is 9.26. The van der Waals surface area contributed by atoms with Crippen LogP contribution < -0.4 is 10.1 Å². The number of amides is 2. The van der Waals surface area contributed by atoms with Crippen LogP contribution in [0.3, 0.4) is 0 Å². The normalized spacial score (nSPS) is 21.6. The number of nitrogens with one attached hydrogen (secondary N) is 1. The number of benzene rings is 1. The van der Waals surface area contributed by atoms with Gasteiger partial charge in [-0.25, -0.2) is 0 Å². The minimum Gasteiger partial charge on any atom is -0.497 e. The van der Waals surface area contributed by atoms with Crippen molar-refractivity contribution >= 4 is 11.8 Å². The molecule has 34 heavy (non-hydrogen) atoms. The third-order valence-electron chi connectivity index (χ3n) is 7.02. The van der Waals surface area contributed by atoms with Gasteiger partial charge in [0.05, 0.1) is 31.4 Å². The highest BCUT2D eigenvalue weighted by Crippen LogP contribution is 2.27. The molecule has 9 nitrogen and oxygen atoms in total. The number of piperidine rings is 1. The number of carbonyl (C=O) groups is 2. The van der Waals surface area contributed by atoms with E-state index in [0.717, 1.165) is 35.4 Å². The standard InChI is InChI=1S/C25H34N4O5/c1-16-22(17(2)34-27-16)13-24(31)28-9-7-19(8-10-28)29-15-20(30)12-23(29)25(32)26-14-18-5-4-6-21(11-18)33-3/h4-6,11,19-20,23,30H,7-10,12-15H2,1-3H3,(H,26,32)/t20-,23+/m1/s1. The molecule has 3 heterocycles. The number of methoxy groups -OCH3 is 1. The van der Waals surface area contributed by atoms with E-state index in [-0.39, 0.29) is 23.9 Å². The van der Waals surface area contributed by atoms with Gasteiger partial charge in [0, 0.05) is 37.8 Å². The van der Waals surface area contributed by atoms with Gasteiger partial charge in [-0.05, 0) is 50.8 Å². The molecular weight excluding hydrogens is 436 g/mol. The molecule has 2 aromatic rings. The summed E-state index contributed by atoms with van der Waals surface area (Å²) >= 11 is 0. The highest BCUT2D eigenvalue weighted by molar-refractivity contribution is 5.82. The second kappa shape index (κ2) is 10.6. The Morgan fingerprint density at radius 2 is 2.03 bits per heavy atom. The van der Waals surface area contributed by atoms with Crippen molar-refractivity contribution in [1.82, 2.24) is 20.3 Å². The Hall–Kier alpha value is -2.91. The van der Waals surface area contributed by atoms with Gasteiger partial charge >= 0.3 is 0 Å². The lowest BCUT2D eigenvalue weighted by Crippen LogP contribution is -2.52. The Balaban J connectivity index is 1.31. The summed E-state index contributed by atoms with van der Waals surface area (Å²) in [5.41, 5.74) is 2.58. The third-order valence-corrected chi connectivity index (χ3v) is 7.02. The summed E-state index contributed by atoms with van der Waals surface area (Å²) in [5.74, 6) is 1.44. The largest absolute Gasteiger partial charge is 0.497 e. The summed E-state index contributed by atoms with van der Waals surface area (Å²) in [6.45, 7) is 5.84. The van der Waals surface area contributed by atoms with Gasteiger partial charge in [-0.3, -0.25) is 14.5 Å². The number of aromatic nitrogens is 1. The van der Waals surface area contributed by atoms with Crippen molar-refractivity contribution in [3.05, 3.63) is 46.8 Å². The Kier molecular flexibility index (Phi) is 7.53. The summed E-state index contributed by atoms with van der Waals surface area (Å²) in [5, 5.41) is 17.3. The van der Waals surface area contributed by atoms with Crippen LogP contribution in [0.5, 0.6) is 5.75 Å². The molecule has 2 saturated heterocycles. The number of carbonyl (C=O) groups excluding carboxylic acids is 2. The molecular formula is C25H34N4O5. The van der Waals surface area contributed by atoms with Crippen LogP contribution in [-0.2, 0) is 22.6 Å². The number of aryl methyl sites for hydroxylation is 2. The average molecular weight is 471 g/mol. The fraction of sp³-hybridized carbons (Fsp3) is 0.560. The van der Waals surface area contributed by atoms with E-state index < -0.39 is 6.10 Å². The lowest BCUT2D eigenvalue weighted by molar-refractivity contribution is -0.133. The van der Waals surface area contributed by atoms with Crippen molar-refractivity contribution in [2.75, 3.05) is 26.7 Å². The van der Waals surface area contributed by atoms with Crippen molar-refractivity contribution in [2.45, 2.75) is 64.3 Å². The summed E-state index contributed by atoms with van der Waals surface area (Å²) in [7, 11) is 1.62. The van der Waals surface area contributed by atoms with E-state index in [1.807, 2.05) is 43.0 Å². The molecule has 0 bridgehead atoms. The summed E-state index contributed by atoms with van der Waals surface area (Å²) in [6, 6.07) is 7.40. The van der Waals surface area contributed by atoms with Gasteiger partial charge in [-0.15, -0.1) is 0 Å². The van der Waals surface area contributed by atoms with E-state index >= 15 is 0 Å². The van der Waals surface area contributed by atoms with Crippen LogP contribution in [0.4, 0.5) is 0 Å².